The van der Waals surface area contributed by atoms with Crippen molar-refractivity contribution >= 4 is 0 Å². The number of rotatable bonds is 1. The molecule has 1 spiro atoms. The lowest BCUT2D eigenvalue weighted by atomic mass is 9.61. The van der Waals surface area contributed by atoms with E-state index >= 15 is 0 Å². The van der Waals surface area contributed by atoms with E-state index in [1.54, 1.807) is 0 Å². The van der Waals surface area contributed by atoms with Crippen LogP contribution in [0.4, 0.5) is 0 Å². The lowest BCUT2D eigenvalue weighted by molar-refractivity contribution is 0.00811. The molecule has 1 unspecified atom stereocenters. The first-order chi connectivity index (χ1) is 7.14. The zero-order valence-electron chi connectivity index (χ0n) is 10.6. The van der Waals surface area contributed by atoms with Gasteiger partial charge >= 0.3 is 0 Å². The molecule has 88 valence electrons. The van der Waals surface area contributed by atoms with Gasteiger partial charge in [-0.2, -0.15) is 0 Å². The Morgan fingerprint density at radius 1 is 1.20 bits per heavy atom. The molecule has 1 N–H and O–H groups in total. The number of nitrogens with zero attached hydrogens (tertiary/aromatic N) is 1. The first-order valence-corrected chi connectivity index (χ1v) is 6.53. The van der Waals surface area contributed by atoms with Gasteiger partial charge in [-0.05, 0) is 69.7 Å². The SMILES string of the molecule is CC(C)C1CNCCC12CCN(C)CC2. The van der Waals surface area contributed by atoms with Crippen molar-refractivity contribution in [1.82, 2.24) is 10.2 Å². The molecule has 2 aliphatic rings. The number of hydrogen-bond acceptors (Lipinski definition) is 2. The van der Waals surface area contributed by atoms with Crippen molar-refractivity contribution in [2.45, 2.75) is 33.1 Å². The molecule has 0 amide bonds. The summed E-state index contributed by atoms with van der Waals surface area (Å²) in [5, 5.41) is 3.59. The third-order valence-corrected chi connectivity index (χ3v) is 4.74. The van der Waals surface area contributed by atoms with E-state index in [0.717, 1.165) is 11.8 Å². The zero-order valence-corrected chi connectivity index (χ0v) is 10.6. The monoisotopic (exact) mass is 210 g/mol. The van der Waals surface area contributed by atoms with E-state index in [2.05, 4.69) is 31.1 Å². The summed E-state index contributed by atoms with van der Waals surface area (Å²) in [4.78, 5) is 2.49. The van der Waals surface area contributed by atoms with Crippen molar-refractivity contribution in [1.29, 1.82) is 0 Å². The molecule has 0 aromatic heterocycles. The molecular weight excluding hydrogens is 184 g/mol. The second-order valence-corrected chi connectivity index (χ2v) is 5.97. The van der Waals surface area contributed by atoms with Crippen molar-refractivity contribution in [3.05, 3.63) is 0 Å². The van der Waals surface area contributed by atoms with Crippen LogP contribution in [0.5, 0.6) is 0 Å². The Hall–Kier alpha value is -0.0800. The predicted octanol–water partition coefficient (Wildman–Crippen LogP) is 1.96. The lowest BCUT2D eigenvalue weighted by Gasteiger charge is -2.50. The van der Waals surface area contributed by atoms with Crippen LogP contribution in [0.1, 0.15) is 33.1 Å². The van der Waals surface area contributed by atoms with Crippen molar-refractivity contribution in [2.75, 3.05) is 33.2 Å². The van der Waals surface area contributed by atoms with Gasteiger partial charge in [0, 0.05) is 0 Å². The summed E-state index contributed by atoms with van der Waals surface area (Å²) in [6.45, 7) is 9.91. The second kappa shape index (κ2) is 4.42. The van der Waals surface area contributed by atoms with Crippen LogP contribution < -0.4 is 5.32 Å². The Bertz CT molecular complexity index is 205. The topological polar surface area (TPSA) is 15.3 Å². The molecule has 0 aromatic carbocycles. The van der Waals surface area contributed by atoms with Gasteiger partial charge in [0.1, 0.15) is 0 Å². The molecule has 2 rings (SSSR count). The molecule has 0 bridgehead atoms. The summed E-state index contributed by atoms with van der Waals surface area (Å²) in [5.41, 5.74) is 0.673. The van der Waals surface area contributed by atoms with Crippen LogP contribution in [-0.2, 0) is 0 Å². The summed E-state index contributed by atoms with van der Waals surface area (Å²) in [7, 11) is 2.26. The van der Waals surface area contributed by atoms with E-state index in [1.807, 2.05) is 0 Å². The quantitative estimate of drug-likeness (QED) is 0.712. The highest BCUT2D eigenvalue weighted by Gasteiger charge is 2.43. The Kier molecular flexibility index (Phi) is 3.36. The maximum atomic E-state index is 3.59. The number of likely N-dealkylation sites (tertiary alicyclic amines) is 1. The molecule has 2 heterocycles. The maximum absolute atomic E-state index is 3.59. The van der Waals surface area contributed by atoms with Crippen molar-refractivity contribution in [2.24, 2.45) is 17.3 Å². The van der Waals surface area contributed by atoms with Crippen LogP contribution in [0.15, 0.2) is 0 Å². The van der Waals surface area contributed by atoms with Crippen molar-refractivity contribution in [3.63, 3.8) is 0 Å². The molecule has 2 nitrogen and oxygen atoms in total. The maximum Gasteiger partial charge on any atom is -0.00127 e. The molecule has 0 aliphatic carbocycles. The molecule has 2 heteroatoms. The van der Waals surface area contributed by atoms with E-state index in [4.69, 9.17) is 0 Å². The summed E-state index contributed by atoms with van der Waals surface area (Å²) in [6, 6.07) is 0. The van der Waals surface area contributed by atoms with Gasteiger partial charge in [0.05, 0.1) is 0 Å². The minimum absolute atomic E-state index is 0.673. The standard InChI is InChI=1S/C13H26N2/c1-11(2)12-10-14-7-4-13(12)5-8-15(3)9-6-13/h11-12,14H,4-10H2,1-3H3. The van der Waals surface area contributed by atoms with E-state index in [1.165, 1.54) is 45.4 Å². The van der Waals surface area contributed by atoms with Gasteiger partial charge in [-0.3, -0.25) is 0 Å². The van der Waals surface area contributed by atoms with E-state index < -0.39 is 0 Å². The largest absolute Gasteiger partial charge is 0.316 e. The molecule has 0 saturated carbocycles. The Balaban J connectivity index is 2.08. The second-order valence-electron chi connectivity index (χ2n) is 5.97. The normalized spacial score (nSPS) is 32.4. The highest BCUT2D eigenvalue weighted by Crippen LogP contribution is 2.46. The predicted molar refractivity (Wildman–Crippen MR) is 65.0 cm³/mol. The van der Waals surface area contributed by atoms with E-state index in [-0.39, 0.29) is 0 Å². The third kappa shape index (κ3) is 2.21. The summed E-state index contributed by atoms with van der Waals surface area (Å²) < 4.78 is 0. The lowest BCUT2D eigenvalue weighted by Crippen LogP contribution is -2.52. The minimum atomic E-state index is 0.673. The van der Waals surface area contributed by atoms with Crippen LogP contribution >= 0.6 is 0 Å². The molecule has 15 heavy (non-hydrogen) atoms. The highest BCUT2D eigenvalue weighted by atomic mass is 15.1. The molecular formula is C13H26N2. The molecule has 0 radical (unpaired) electrons. The third-order valence-electron chi connectivity index (χ3n) is 4.74. The van der Waals surface area contributed by atoms with Crippen molar-refractivity contribution in [3.8, 4) is 0 Å². The number of nitrogens with one attached hydrogen (secondary N) is 1. The average Bonchev–Trinajstić information content (AvgIpc) is 2.23. The zero-order chi connectivity index (χ0) is 10.9. The van der Waals surface area contributed by atoms with Gasteiger partial charge in [0.25, 0.3) is 0 Å². The highest BCUT2D eigenvalue weighted by molar-refractivity contribution is 4.95. The van der Waals surface area contributed by atoms with Gasteiger partial charge in [-0.15, -0.1) is 0 Å². The Labute approximate surface area is 94.4 Å². The van der Waals surface area contributed by atoms with E-state index in [0.29, 0.717) is 5.41 Å². The van der Waals surface area contributed by atoms with Crippen molar-refractivity contribution < 1.29 is 0 Å². The smallest absolute Gasteiger partial charge is 0.00127 e. The summed E-state index contributed by atoms with van der Waals surface area (Å²) in [6.07, 6.45) is 4.26. The number of piperidine rings is 2. The number of hydrogen-bond donors (Lipinski definition) is 1. The Morgan fingerprint density at radius 3 is 2.47 bits per heavy atom. The van der Waals surface area contributed by atoms with Gasteiger partial charge in [-0.25, -0.2) is 0 Å². The fraction of sp³-hybridized carbons (Fsp3) is 1.00. The molecule has 0 aromatic rings. The van der Waals surface area contributed by atoms with Gasteiger partial charge in [0.2, 0.25) is 0 Å². The van der Waals surface area contributed by atoms with Crippen LogP contribution in [0.2, 0.25) is 0 Å². The molecule has 1 atom stereocenters. The van der Waals surface area contributed by atoms with Crippen LogP contribution in [0.3, 0.4) is 0 Å². The Morgan fingerprint density at radius 2 is 1.87 bits per heavy atom. The molecule has 2 aliphatic heterocycles. The fourth-order valence-corrected chi connectivity index (χ4v) is 3.62. The van der Waals surface area contributed by atoms with E-state index in [9.17, 15) is 0 Å². The molecule has 2 saturated heterocycles. The first-order valence-electron chi connectivity index (χ1n) is 6.53. The van der Waals surface area contributed by atoms with Gasteiger partial charge in [-0.1, -0.05) is 13.8 Å². The van der Waals surface area contributed by atoms with Gasteiger partial charge in [0.15, 0.2) is 0 Å². The first kappa shape index (κ1) is 11.4. The minimum Gasteiger partial charge on any atom is -0.316 e. The summed E-state index contributed by atoms with van der Waals surface area (Å²) in [5.74, 6) is 1.74. The summed E-state index contributed by atoms with van der Waals surface area (Å²) >= 11 is 0. The van der Waals surface area contributed by atoms with Crippen LogP contribution in [-0.4, -0.2) is 38.1 Å². The van der Waals surface area contributed by atoms with Gasteiger partial charge < -0.3 is 10.2 Å². The fourth-order valence-electron chi connectivity index (χ4n) is 3.62. The molecule has 2 fully saturated rings. The van der Waals surface area contributed by atoms with Crippen LogP contribution in [0, 0.1) is 17.3 Å². The average molecular weight is 210 g/mol. The van der Waals surface area contributed by atoms with Crippen LogP contribution in [0.25, 0.3) is 0 Å².